The molecule has 0 bridgehead atoms. The smallest absolute Gasteiger partial charge is 0.0992 e. The normalized spacial score (nSPS) is 14.9. The van der Waals surface area contributed by atoms with Crippen LogP contribution in [-0.4, -0.2) is 26.9 Å². The zero-order valence-corrected chi connectivity index (χ0v) is 9.66. The summed E-state index contributed by atoms with van der Waals surface area (Å²) >= 11 is 0. The highest BCUT2D eigenvalue weighted by Crippen LogP contribution is 2.20. The van der Waals surface area contributed by atoms with E-state index in [4.69, 9.17) is 4.74 Å². The van der Waals surface area contributed by atoms with Crippen molar-refractivity contribution in [2.24, 2.45) is 0 Å². The molecule has 0 aliphatic carbocycles. The summed E-state index contributed by atoms with van der Waals surface area (Å²) in [6.07, 6.45) is 0.0867. The summed E-state index contributed by atoms with van der Waals surface area (Å²) in [5, 5.41) is 6.22. The Balaban J connectivity index is 2.72. The van der Waals surface area contributed by atoms with Crippen LogP contribution in [0.1, 0.15) is 18.6 Å². The first-order valence-electron chi connectivity index (χ1n) is 5.28. The van der Waals surface area contributed by atoms with E-state index in [0.717, 1.165) is 0 Å². The fourth-order valence-electron chi connectivity index (χ4n) is 1.50. The van der Waals surface area contributed by atoms with Crippen LogP contribution in [0.15, 0.2) is 30.3 Å². The van der Waals surface area contributed by atoms with Gasteiger partial charge in [0.05, 0.1) is 12.8 Å². The lowest BCUT2D eigenvalue weighted by molar-refractivity contribution is 0.0228. The average Bonchev–Trinajstić information content (AvgIpc) is 2.30. The molecule has 3 heteroatoms. The SMILES string of the molecule is CNCOC(c1ccccc1)[C@@H](C)NC. The van der Waals surface area contributed by atoms with Crippen molar-refractivity contribution in [2.45, 2.75) is 19.1 Å². The van der Waals surface area contributed by atoms with Gasteiger partial charge in [-0.1, -0.05) is 30.3 Å². The Morgan fingerprint density at radius 3 is 2.40 bits per heavy atom. The molecular formula is C12H20N2O. The summed E-state index contributed by atoms with van der Waals surface area (Å²) in [4.78, 5) is 0. The third-order valence-corrected chi connectivity index (χ3v) is 2.44. The summed E-state index contributed by atoms with van der Waals surface area (Å²) in [7, 11) is 3.83. The molecule has 0 aliphatic heterocycles. The van der Waals surface area contributed by atoms with E-state index in [0.29, 0.717) is 12.8 Å². The molecule has 0 aromatic heterocycles. The quantitative estimate of drug-likeness (QED) is 0.696. The minimum Gasteiger partial charge on any atom is -0.357 e. The predicted molar refractivity (Wildman–Crippen MR) is 62.7 cm³/mol. The second-order valence-electron chi connectivity index (χ2n) is 3.57. The summed E-state index contributed by atoms with van der Waals surface area (Å²) in [6, 6.07) is 10.6. The summed E-state index contributed by atoms with van der Waals surface area (Å²) in [5.41, 5.74) is 1.20. The molecule has 0 fully saturated rings. The first kappa shape index (κ1) is 12.2. The second kappa shape index (κ2) is 6.56. The van der Waals surface area contributed by atoms with Crippen molar-refractivity contribution in [1.82, 2.24) is 10.6 Å². The third kappa shape index (κ3) is 3.63. The Hall–Kier alpha value is -0.900. The molecule has 2 N–H and O–H groups in total. The van der Waals surface area contributed by atoms with Crippen molar-refractivity contribution in [3.05, 3.63) is 35.9 Å². The first-order chi connectivity index (χ1) is 7.29. The zero-order valence-electron chi connectivity index (χ0n) is 9.66. The van der Waals surface area contributed by atoms with E-state index >= 15 is 0 Å². The maximum atomic E-state index is 5.76. The summed E-state index contributed by atoms with van der Waals surface area (Å²) < 4.78 is 5.76. The van der Waals surface area contributed by atoms with E-state index in [1.807, 2.05) is 32.3 Å². The van der Waals surface area contributed by atoms with E-state index < -0.39 is 0 Å². The van der Waals surface area contributed by atoms with E-state index in [2.05, 4.69) is 29.7 Å². The summed E-state index contributed by atoms with van der Waals surface area (Å²) in [5.74, 6) is 0. The van der Waals surface area contributed by atoms with Crippen LogP contribution in [0.3, 0.4) is 0 Å². The Bertz CT molecular complexity index is 264. The molecule has 1 aromatic rings. The van der Waals surface area contributed by atoms with Crippen molar-refractivity contribution in [2.75, 3.05) is 20.8 Å². The number of hydrogen-bond acceptors (Lipinski definition) is 3. The van der Waals surface area contributed by atoms with Gasteiger partial charge in [0.1, 0.15) is 0 Å². The van der Waals surface area contributed by atoms with Crippen LogP contribution in [0.5, 0.6) is 0 Å². The number of nitrogens with one attached hydrogen (secondary N) is 2. The molecule has 15 heavy (non-hydrogen) atoms. The molecule has 0 amide bonds. The molecule has 1 rings (SSSR count). The molecule has 0 saturated carbocycles. The van der Waals surface area contributed by atoms with Gasteiger partial charge in [-0.2, -0.15) is 0 Å². The van der Waals surface area contributed by atoms with E-state index in [9.17, 15) is 0 Å². The second-order valence-corrected chi connectivity index (χ2v) is 3.57. The van der Waals surface area contributed by atoms with E-state index in [1.165, 1.54) is 5.56 Å². The lowest BCUT2D eigenvalue weighted by Crippen LogP contribution is -2.32. The Morgan fingerprint density at radius 1 is 1.20 bits per heavy atom. The van der Waals surface area contributed by atoms with Crippen LogP contribution in [0, 0.1) is 0 Å². The highest BCUT2D eigenvalue weighted by atomic mass is 16.5. The van der Waals surface area contributed by atoms with Gasteiger partial charge in [0.2, 0.25) is 0 Å². The lowest BCUT2D eigenvalue weighted by atomic mass is 10.0. The largest absolute Gasteiger partial charge is 0.357 e. The molecule has 0 aliphatic rings. The molecule has 0 heterocycles. The average molecular weight is 208 g/mol. The number of rotatable bonds is 6. The standard InChI is InChI=1S/C12H20N2O/c1-10(14-3)12(15-9-13-2)11-7-5-4-6-8-11/h4-8,10,12-14H,9H2,1-3H3/t10-,12?/m1/s1. The van der Waals surface area contributed by atoms with Crippen LogP contribution >= 0.6 is 0 Å². The number of hydrogen-bond donors (Lipinski definition) is 2. The van der Waals surface area contributed by atoms with Gasteiger partial charge >= 0.3 is 0 Å². The zero-order chi connectivity index (χ0) is 11.1. The Morgan fingerprint density at radius 2 is 1.87 bits per heavy atom. The number of benzene rings is 1. The van der Waals surface area contributed by atoms with Gasteiger partial charge in [-0.15, -0.1) is 0 Å². The minimum atomic E-state index is 0.0867. The molecule has 1 aromatic carbocycles. The van der Waals surface area contributed by atoms with Crippen LogP contribution < -0.4 is 10.6 Å². The van der Waals surface area contributed by atoms with Crippen molar-refractivity contribution < 1.29 is 4.74 Å². The van der Waals surface area contributed by atoms with Crippen molar-refractivity contribution in [1.29, 1.82) is 0 Å². The maximum Gasteiger partial charge on any atom is 0.0992 e. The first-order valence-corrected chi connectivity index (χ1v) is 5.28. The van der Waals surface area contributed by atoms with Gasteiger partial charge in [0, 0.05) is 6.04 Å². The molecule has 0 spiro atoms. The molecule has 1 unspecified atom stereocenters. The molecular weight excluding hydrogens is 188 g/mol. The molecule has 0 radical (unpaired) electrons. The fourth-order valence-corrected chi connectivity index (χ4v) is 1.50. The maximum absolute atomic E-state index is 5.76. The van der Waals surface area contributed by atoms with Crippen molar-refractivity contribution in [3.8, 4) is 0 Å². The third-order valence-electron chi connectivity index (χ3n) is 2.44. The molecule has 0 saturated heterocycles. The number of likely N-dealkylation sites (N-methyl/N-ethyl adjacent to an activating group) is 1. The van der Waals surface area contributed by atoms with E-state index in [1.54, 1.807) is 0 Å². The Labute approximate surface area is 91.8 Å². The summed E-state index contributed by atoms with van der Waals surface area (Å²) in [6.45, 7) is 2.68. The van der Waals surface area contributed by atoms with Crippen molar-refractivity contribution in [3.63, 3.8) is 0 Å². The minimum absolute atomic E-state index is 0.0867. The monoisotopic (exact) mass is 208 g/mol. The van der Waals surface area contributed by atoms with Gasteiger partial charge in [0.15, 0.2) is 0 Å². The van der Waals surface area contributed by atoms with Gasteiger partial charge in [-0.3, -0.25) is 5.32 Å². The van der Waals surface area contributed by atoms with Gasteiger partial charge in [0.25, 0.3) is 0 Å². The molecule has 2 atom stereocenters. The van der Waals surface area contributed by atoms with Crippen LogP contribution in [0.2, 0.25) is 0 Å². The number of ether oxygens (including phenoxy) is 1. The van der Waals surface area contributed by atoms with Crippen LogP contribution in [-0.2, 0) is 4.74 Å². The fraction of sp³-hybridized carbons (Fsp3) is 0.500. The predicted octanol–water partition coefficient (Wildman–Crippen LogP) is 1.53. The van der Waals surface area contributed by atoms with Crippen LogP contribution in [0.4, 0.5) is 0 Å². The van der Waals surface area contributed by atoms with Gasteiger partial charge < -0.3 is 10.1 Å². The molecule has 84 valence electrons. The van der Waals surface area contributed by atoms with Gasteiger partial charge in [-0.25, -0.2) is 0 Å². The highest BCUT2D eigenvalue weighted by Gasteiger charge is 2.17. The van der Waals surface area contributed by atoms with E-state index in [-0.39, 0.29) is 6.10 Å². The van der Waals surface area contributed by atoms with Gasteiger partial charge in [-0.05, 0) is 26.6 Å². The lowest BCUT2D eigenvalue weighted by Gasteiger charge is -2.24. The molecule has 3 nitrogen and oxygen atoms in total. The Kier molecular flexibility index (Phi) is 5.32. The highest BCUT2D eigenvalue weighted by molar-refractivity contribution is 5.18. The van der Waals surface area contributed by atoms with Crippen molar-refractivity contribution >= 4 is 0 Å². The van der Waals surface area contributed by atoms with Crippen LogP contribution in [0.25, 0.3) is 0 Å². The topological polar surface area (TPSA) is 33.3 Å².